The van der Waals surface area contributed by atoms with Gasteiger partial charge < -0.3 is 0 Å². The van der Waals surface area contributed by atoms with Crippen molar-refractivity contribution in [1.82, 2.24) is 24.5 Å². The van der Waals surface area contributed by atoms with Gasteiger partial charge in [-0.15, -0.1) is 0 Å². The van der Waals surface area contributed by atoms with Crippen LogP contribution in [0.1, 0.15) is 0 Å². The van der Waals surface area contributed by atoms with E-state index in [1.165, 1.54) is 27.8 Å². The summed E-state index contributed by atoms with van der Waals surface area (Å²) in [5.74, 6) is 0. The van der Waals surface area contributed by atoms with Crippen molar-refractivity contribution in [3.05, 3.63) is 322 Å². The molecule has 5 heteroatoms. The molecule has 0 saturated carbocycles. The van der Waals surface area contributed by atoms with Gasteiger partial charge in [-0.05, 0) is 149 Å². The number of aromatic nitrogens is 5. The van der Waals surface area contributed by atoms with E-state index in [0.29, 0.717) is 0 Å². The maximum absolute atomic E-state index is 5.14. The van der Waals surface area contributed by atoms with E-state index >= 15 is 0 Å². The summed E-state index contributed by atoms with van der Waals surface area (Å²) in [6.45, 7) is 0. The molecule has 5 nitrogen and oxygen atoms in total. The zero-order valence-corrected chi connectivity index (χ0v) is 44.8. The van der Waals surface area contributed by atoms with Crippen molar-refractivity contribution in [1.29, 1.82) is 0 Å². The minimum atomic E-state index is 0.918. The standard InChI is InChI=1S/C77H53N5/c1-4-19-54(20-5-1)57-37-39-58(40-38-57)59-25-16-28-62(43-59)77-42-41-63(49-78-77)71-31-10-11-32-72(71)64-44-65(73-33-12-14-35-75(73)67-50-79-81(52-67)69-29-17-26-60(47-69)55-21-6-2-7-22-55)46-66(45-64)74-34-13-15-36-76(74)68-51-80-82(53-68)70-30-18-27-61(48-70)56-23-8-3-9-24-56/h1-53H. The fourth-order valence-electron chi connectivity index (χ4n) is 11.2. The highest BCUT2D eigenvalue weighted by Gasteiger charge is 2.19. The van der Waals surface area contributed by atoms with E-state index in [2.05, 4.69) is 291 Å². The van der Waals surface area contributed by atoms with E-state index in [9.17, 15) is 0 Å². The molecular weight excluding hydrogens is 995 g/mol. The first-order valence-corrected chi connectivity index (χ1v) is 27.7. The molecule has 14 rings (SSSR count). The topological polar surface area (TPSA) is 48.5 Å². The van der Waals surface area contributed by atoms with Gasteiger partial charge >= 0.3 is 0 Å². The highest BCUT2D eigenvalue weighted by Crippen LogP contribution is 2.43. The van der Waals surface area contributed by atoms with Crippen molar-refractivity contribution in [3.63, 3.8) is 0 Å². The average molecular weight is 1050 g/mol. The second-order valence-corrected chi connectivity index (χ2v) is 20.6. The first kappa shape index (κ1) is 49.3. The Morgan fingerprint density at radius 3 is 0.927 bits per heavy atom. The fraction of sp³-hybridized carbons (Fsp3) is 0. The monoisotopic (exact) mass is 1050 g/mol. The number of hydrogen-bond donors (Lipinski definition) is 0. The van der Waals surface area contributed by atoms with Gasteiger partial charge in [-0.2, -0.15) is 10.2 Å². The van der Waals surface area contributed by atoms with Gasteiger partial charge in [0.2, 0.25) is 0 Å². The van der Waals surface area contributed by atoms with Crippen LogP contribution in [-0.4, -0.2) is 24.5 Å². The predicted molar refractivity (Wildman–Crippen MR) is 338 cm³/mol. The molecule has 0 unspecified atom stereocenters. The number of pyridine rings is 1. The zero-order valence-electron chi connectivity index (χ0n) is 44.8. The molecular formula is C77H53N5. The summed E-state index contributed by atoms with van der Waals surface area (Å²) in [6.07, 6.45) is 10.3. The van der Waals surface area contributed by atoms with Gasteiger partial charge in [0.15, 0.2) is 0 Å². The third kappa shape index (κ3) is 10.1. The molecule has 0 N–H and O–H groups in total. The molecule has 0 radical (unpaired) electrons. The summed E-state index contributed by atoms with van der Waals surface area (Å²) < 4.78 is 3.96. The lowest BCUT2D eigenvalue weighted by atomic mass is 9.87. The third-order valence-corrected chi connectivity index (χ3v) is 15.4. The second kappa shape index (κ2) is 22.0. The van der Waals surface area contributed by atoms with Gasteiger partial charge in [-0.1, -0.05) is 237 Å². The summed E-state index contributed by atoms with van der Waals surface area (Å²) in [6, 6.07) is 103. The van der Waals surface area contributed by atoms with E-state index in [1.54, 1.807) is 0 Å². The molecule has 14 aromatic rings. The van der Waals surface area contributed by atoms with Crippen LogP contribution >= 0.6 is 0 Å². The minimum Gasteiger partial charge on any atom is -0.256 e. The van der Waals surface area contributed by atoms with Gasteiger partial charge in [0.05, 0.1) is 29.5 Å². The van der Waals surface area contributed by atoms with Gasteiger partial charge in [0.1, 0.15) is 0 Å². The molecule has 11 aromatic carbocycles. The second-order valence-electron chi connectivity index (χ2n) is 20.6. The van der Waals surface area contributed by atoms with Crippen LogP contribution in [0.2, 0.25) is 0 Å². The molecule has 82 heavy (non-hydrogen) atoms. The highest BCUT2D eigenvalue weighted by molar-refractivity contribution is 5.94. The molecule has 0 amide bonds. The Morgan fingerprint density at radius 2 is 0.500 bits per heavy atom. The summed E-state index contributed by atoms with van der Waals surface area (Å²) in [7, 11) is 0. The van der Waals surface area contributed by atoms with E-state index in [-0.39, 0.29) is 0 Å². The van der Waals surface area contributed by atoms with Crippen LogP contribution in [0.3, 0.4) is 0 Å². The van der Waals surface area contributed by atoms with Crippen LogP contribution < -0.4 is 0 Å². The minimum absolute atomic E-state index is 0.918. The van der Waals surface area contributed by atoms with Crippen LogP contribution in [0.4, 0.5) is 0 Å². The van der Waals surface area contributed by atoms with Crippen LogP contribution in [-0.2, 0) is 0 Å². The number of rotatable bonds is 13. The quantitative estimate of drug-likeness (QED) is 0.116. The Morgan fingerprint density at radius 1 is 0.195 bits per heavy atom. The summed E-state index contributed by atoms with van der Waals surface area (Å²) in [5, 5.41) is 9.91. The van der Waals surface area contributed by atoms with Crippen molar-refractivity contribution in [2.24, 2.45) is 0 Å². The van der Waals surface area contributed by atoms with Gasteiger partial charge in [-0.3, -0.25) is 4.98 Å². The van der Waals surface area contributed by atoms with E-state index in [1.807, 2.05) is 40.1 Å². The van der Waals surface area contributed by atoms with Gasteiger partial charge in [-0.25, -0.2) is 9.36 Å². The SMILES string of the molecule is c1ccc(-c2ccc(-c3cccc(-c4ccc(-c5ccccc5-c5cc(-c6ccccc6-c6cnn(-c7cccc(-c8ccccc8)c7)c6)cc(-c6ccccc6-c6cnn(-c7cccc(-c8ccccc8)c7)c6)c5)cn4)c3)cc2)cc1. The van der Waals surface area contributed by atoms with Crippen molar-refractivity contribution in [2.75, 3.05) is 0 Å². The largest absolute Gasteiger partial charge is 0.256 e. The maximum Gasteiger partial charge on any atom is 0.0702 e. The van der Waals surface area contributed by atoms with Crippen LogP contribution in [0, 0.1) is 0 Å². The lowest BCUT2D eigenvalue weighted by molar-refractivity contribution is 0.881. The molecule has 0 saturated heterocycles. The molecule has 0 aliphatic carbocycles. The van der Waals surface area contributed by atoms with Crippen molar-refractivity contribution >= 4 is 0 Å². The van der Waals surface area contributed by atoms with Crippen LogP contribution in [0.25, 0.3) is 134 Å². The summed E-state index contributed by atoms with van der Waals surface area (Å²) >= 11 is 0. The molecule has 0 aliphatic rings. The number of hydrogen-bond acceptors (Lipinski definition) is 3. The first-order valence-electron chi connectivity index (χ1n) is 27.7. The van der Waals surface area contributed by atoms with Crippen molar-refractivity contribution in [3.8, 4) is 134 Å². The predicted octanol–water partition coefficient (Wildman–Crippen LogP) is 19.8. The molecule has 0 spiro atoms. The lowest BCUT2D eigenvalue weighted by Crippen LogP contribution is -1.94. The average Bonchev–Trinajstić information content (AvgIpc) is 4.43. The van der Waals surface area contributed by atoms with E-state index < -0.39 is 0 Å². The third-order valence-electron chi connectivity index (χ3n) is 15.4. The summed E-state index contributed by atoms with van der Waals surface area (Å²) in [5.41, 5.74) is 26.2. The van der Waals surface area contributed by atoms with Crippen molar-refractivity contribution in [2.45, 2.75) is 0 Å². The fourth-order valence-corrected chi connectivity index (χ4v) is 11.2. The Kier molecular flexibility index (Phi) is 13.2. The number of nitrogens with zero attached hydrogens (tertiary/aromatic N) is 5. The number of benzene rings is 11. The van der Waals surface area contributed by atoms with Gasteiger partial charge in [0.25, 0.3) is 0 Å². The Labute approximate surface area is 478 Å². The summed E-state index contributed by atoms with van der Waals surface area (Å²) in [4.78, 5) is 5.14. The molecule has 0 aliphatic heterocycles. The molecule has 3 heterocycles. The van der Waals surface area contributed by atoms with E-state index in [0.717, 1.165) is 106 Å². The van der Waals surface area contributed by atoms with Gasteiger partial charge in [0, 0.05) is 40.8 Å². The molecule has 3 aromatic heterocycles. The maximum atomic E-state index is 5.14. The molecule has 386 valence electrons. The molecule has 0 fully saturated rings. The normalized spacial score (nSPS) is 11.2. The van der Waals surface area contributed by atoms with Crippen LogP contribution in [0.5, 0.6) is 0 Å². The van der Waals surface area contributed by atoms with Crippen molar-refractivity contribution < 1.29 is 0 Å². The Balaban J connectivity index is 0.847. The Bertz CT molecular complexity index is 4360. The zero-order chi connectivity index (χ0) is 54.6. The first-order chi connectivity index (χ1) is 40.6. The highest BCUT2D eigenvalue weighted by atomic mass is 15.3. The smallest absolute Gasteiger partial charge is 0.0702 e. The van der Waals surface area contributed by atoms with Crippen LogP contribution in [0.15, 0.2) is 322 Å². The Hall–Kier alpha value is -11.0. The van der Waals surface area contributed by atoms with E-state index in [4.69, 9.17) is 15.2 Å². The lowest BCUT2D eigenvalue weighted by Gasteiger charge is -2.17. The molecule has 0 bridgehead atoms. The molecule has 0 atom stereocenters.